The van der Waals surface area contributed by atoms with E-state index in [1.807, 2.05) is 0 Å². The minimum Gasteiger partial charge on any atom is -0.297 e. The Bertz CT molecular complexity index is 416. The third kappa shape index (κ3) is 2.42. The Hall–Kier alpha value is -1.61. The van der Waals surface area contributed by atoms with Crippen LogP contribution in [0.3, 0.4) is 0 Å². The number of primary sulfonamides is 1. The van der Waals surface area contributed by atoms with Crippen molar-refractivity contribution in [3.63, 3.8) is 0 Å². The van der Waals surface area contributed by atoms with Crippen LogP contribution in [0.1, 0.15) is 0 Å². The minimum atomic E-state index is -3.96. The van der Waals surface area contributed by atoms with Crippen LogP contribution in [-0.2, 0) is 14.8 Å². The number of carbonyl (C=O) groups is 1. The van der Waals surface area contributed by atoms with Gasteiger partial charge in [-0.3, -0.25) is 10.1 Å². The minimum absolute atomic E-state index is 0.172. The average Bonchev–Trinajstić information content (AvgIpc) is 2.04. The van der Waals surface area contributed by atoms with E-state index in [0.717, 1.165) is 6.33 Å². The van der Waals surface area contributed by atoms with Crippen molar-refractivity contribution in [3.05, 3.63) is 6.33 Å². The predicted octanol–water partition coefficient (Wildman–Crippen LogP) is -1.91. The predicted molar refractivity (Wildman–Crippen MR) is 40.9 cm³/mol. The van der Waals surface area contributed by atoms with Gasteiger partial charge in [-0.25, -0.2) is 23.5 Å². The van der Waals surface area contributed by atoms with Gasteiger partial charge in [0.25, 0.3) is 15.2 Å². The molecule has 3 N–H and O–H groups in total. The van der Waals surface area contributed by atoms with Crippen LogP contribution in [0, 0.1) is 0 Å². The van der Waals surface area contributed by atoms with Crippen LogP contribution in [0.2, 0.25) is 0 Å². The summed E-state index contributed by atoms with van der Waals surface area (Å²) in [5, 5.41) is 6.19. The van der Waals surface area contributed by atoms with Crippen LogP contribution in [-0.4, -0.2) is 29.8 Å². The van der Waals surface area contributed by atoms with E-state index in [2.05, 4.69) is 20.3 Å². The smallest absolute Gasteiger partial charge is 0.273 e. The fourth-order valence-electron chi connectivity index (χ4n) is 0.541. The Morgan fingerprint density at radius 1 is 1.46 bits per heavy atom. The molecule has 0 bridgehead atoms. The molecule has 0 aliphatic rings. The van der Waals surface area contributed by atoms with E-state index in [9.17, 15) is 13.2 Å². The molecular weight excluding hydrogens is 198 g/mol. The lowest BCUT2D eigenvalue weighted by molar-refractivity contribution is -0.105. The molecule has 0 aliphatic carbocycles. The second kappa shape index (κ2) is 3.41. The molecule has 1 aromatic rings. The number of anilines is 1. The summed E-state index contributed by atoms with van der Waals surface area (Å²) in [4.78, 5) is 20.1. The number of hydrogen-bond acceptors (Lipinski definition) is 6. The molecule has 0 aliphatic heterocycles. The number of nitrogens with zero attached hydrogens (tertiary/aromatic N) is 3. The number of sulfonamides is 1. The summed E-state index contributed by atoms with van der Waals surface area (Å²) < 4.78 is 21.4. The largest absolute Gasteiger partial charge is 0.297 e. The zero-order valence-corrected chi connectivity index (χ0v) is 7.02. The number of rotatable bonds is 3. The van der Waals surface area contributed by atoms with Crippen molar-refractivity contribution < 1.29 is 13.2 Å². The maximum Gasteiger partial charge on any atom is 0.273 e. The quantitative estimate of drug-likeness (QED) is 0.551. The molecule has 13 heavy (non-hydrogen) atoms. The van der Waals surface area contributed by atoms with Crippen molar-refractivity contribution in [3.8, 4) is 0 Å². The third-order valence-electron chi connectivity index (χ3n) is 0.992. The van der Waals surface area contributed by atoms with Crippen LogP contribution < -0.4 is 10.5 Å². The molecular formula is C4H5N5O3S. The molecule has 0 atom stereocenters. The fraction of sp³-hybridized carbons (Fsp3) is 0. The van der Waals surface area contributed by atoms with Gasteiger partial charge >= 0.3 is 0 Å². The zero-order valence-electron chi connectivity index (χ0n) is 6.21. The first-order chi connectivity index (χ1) is 6.04. The van der Waals surface area contributed by atoms with E-state index in [0.29, 0.717) is 6.41 Å². The molecule has 0 fully saturated rings. The fourth-order valence-corrected chi connectivity index (χ4v) is 0.948. The molecule has 1 amide bonds. The van der Waals surface area contributed by atoms with Gasteiger partial charge in [-0.15, -0.1) is 0 Å². The average molecular weight is 203 g/mol. The van der Waals surface area contributed by atoms with E-state index in [-0.39, 0.29) is 5.95 Å². The molecule has 0 unspecified atom stereocenters. The van der Waals surface area contributed by atoms with E-state index >= 15 is 0 Å². The SMILES string of the molecule is NS(=O)(=O)c1ncnc(NC=O)n1. The van der Waals surface area contributed by atoms with E-state index < -0.39 is 15.2 Å². The lowest BCUT2D eigenvalue weighted by Crippen LogP contribution is -2.17. The van der Waals surface area contributed by atoms with Crippen molar-refractivity contribution >= 4 is 22.4 Å². The molecule has 0 saturated heterocycles. The zero-order chi connectivity index (χ0) is 9.90. The van der Waals surface area contributed by atoms with Crippen LogP contribution in [0.5, 0.6) is 0 Å². The van der Waals surface area contributed by atoms with Gasteiger partial charge < -0.3 is 0 Å². The number of aromatic nitrogens is 3. The van der Waals surface area contributed by atoms with E-state index in [1.165, 1.54) is 0 Å². The van der Waals surface area contributed by atoms with Gasteiger partial charge in [0, 0.05) is 0 Å². The number of hydrogen-bond donors (Lipinski definition) is 2. The normalized spacial score (nSPS) is 10.8. The van der Waals surface area contributed by atoms with E-state index in [4.69, 9.17) is 5.14 Å². The van der Waals surface area contributed by atoms with Crippen LogP contribution in [0.4, 0.5) is 5.95 Å². The summed E-state index contributed by atoms with van der Waals surface area (Å²) in [5.41, 5.74) is 0. The molecule has 8 nitrogen and oxygen atoms in total. The second-order valence-corrected chi connectivity index (χ2v) is 3.35. The number of amides is 1. The maximum absolute atomic E-state index is 10.7. The van der Waals surface area contributed by atoms with Crippen molar-refractivity contribution in [2.75, 3.05) is 5.32 Å². The first kappa shape index (κ1) is 9.48. The first-order valence-corrected chi connectivity index (χ1v) is 4.50. The highest BCUT2D eigenvalue weighted by molar-refractivity contribution is 7.89. The molecule has 70 valence electrons. The monoisotopic (exact) mass is 203 g/mol. The summed E-state index contributed by atoms with van der Waals surface area (Å²) in [6.07, 6.45) is 1.24. The Morgan fingerprint density at radius 2 is 2.15 bits per heavy atom. The summed E-state index contributed by atoms with van der Waals surface area (Å²) in [6.45, 7) is 0. The lowest BCUT2D eigenvalue weighted by Gasteiger charge is -1.97. The Kier molecular flexibility index (Phi) is 2.49. The molecule has 9 heteroatoms. The Morgan fingerprint density at radius 3 is 2.69 bits per heavy atom. The first-order valence-electron chi connectivity index (χ1n) is 2.96. The topological polar surface area (TPSA) is 128 Å². The summed E-state index contributed by atoms with van der Waals surface area (Å²) in [7, 11) is -3.96. The van der Waals surface area contributed by atoms with Crippen molar-refractivity contribution in [1.29, 1.82) is 0 Å². The maximum atomic E-state index is 10.7. The van der Waals surface area contributed by atoms with Crippen LogP contribution in [0.15, 0.2) is 11.5 Å². The standard InChI is InChI=1S/C4H5N5O3S/c5-13(11,12)4-7-1-6-3(9-4)8-2-10/h1-2H,(H2,5,11,12)(H,6,7,8,9,10). The molecule has 1 rings (SSSR count). The highest BCUT2D eigenvalue weighted by Crippen LogP contribution is 1.99. The third-order valence-corrected chi connectivity index (χ3v) is 1.70. The van der Waals surface area contributed by atoms with Crippen LogP contribution >= 0.6 is 0 Å². The molecule has 0 radical (unpaired) electrons. The molecule has 0 spiro atoms. The number of nitrogens with one attached hydrogen (secondary N) is 1. The van der Waals surface area contributed by atoms with Gasteiger partial charge in [0.05, 0.1) is 0 Å². The van der Waals surface area contributed by atoms with Gasteiger partial charge in [-0.1, -0.05) is 0 Å². The van der Waals surface area contributed by atoms with Gasteiger partial charge in [0.15, 0.2) is 0 Å². The van der Waals surface area contributed by atoms with Crippen molar-refractivity contribution in [2.24, 2.45) is 5.14 Å². The second-order valence-electron chi connectivity index (χ2n) is 1.90. The van der Waals surface area contributed by atoms with Crippen molar-refractivity contribution in [1.82, 2.24) is 15.0 Å². The molecule has 1 heterocycles. The van der Waals surface area contributed by atoms with Gasteiger partial charge in [-0.05, 0) is 0 Å². The summed E-state index contributed by atoms with van der Waals surface area (Å²) >= 11 is 0. The Balaban J connectivity index is 3.13. The summed E-state index contributed by atoms with van der Waals surface area (Å²) in [5.74, 6) is -0.172. The van der Waals surface area contributed by atoms with Gasteiger partial charge in [-0.2, -0.15) is 4.98 Å². The highest BCUT2D eigenvalue weighted by Gasteiger charge is 2.12. The molecule has 1 aromatic heterocycles. The number of nitrogens with two attached hydrogens (primary N) is 1. The van der Waals surface area contributed by atoms with Crippen molar-refractivity contribution in [2.45, 2.75) is 5.16 Å². The Labute approximate surface area is 73.3 Å². The molecule has 0 aromatic carbocycles. The van der Waals surface area contributed by atoms with Gasteiger partial charge in [0.1, 0.15) is 6.33 Å². The molecule has 0 saturated carbocycles. The highest BCUT2D eigenvalue weighted by atomic mass is 32.2. The van der Waals surface area contributed by atoms with Gasteiger partial charge in [0.2, 0.25) is 12.4 Å². The number of carbonyl (C=O) groups excluding carboxylic acids is 1. The lowest BCUT2D eigenvalue weighted by atomic mass is 10.9. The van der Waals surface area contributed by atoms with Crippen LogP contribution in [0.25, 0.3) is 0 Å². The summed E-state index contributed by atoms with van der Waals surface area (Å²) in [6, 6.07) is 0. The van der Waals surface area contributed by atoms with E-state index in [1.54, 1.807) is 0 Å².